The second kappa shape index (κ2) is 7.22. The van der Waals surface area contributed by atoms with Gasteiger partial charge in [-0.05, 0) is 42.0 Å². The van der Waals surface area contributed by atoms with E-state index < -0.39 is 0 Å². The number of aromatic hydroxyl groups is 1. The molecule has 0 aliphatic carbocycles. The predicted octanol–water partition coefficient (Wildman–Crippen LogP) is 3.58. The molecule has 0 heterocycles. The molecule has 0 fully saturated rings. The zero-order chi connectivity index (χ0) is 13.4. The van der Waals surface area contributed by atoms with Crippen LogP contribution in [-0.4, -0.2) is 5.11 Å². The van der Waals surface area contributed by atoms with E-state index in [-0.39, 0.29) is 5.75 Å². The highest BCUT2D eigenvalue weighted by Gasteiger charge is 1.96. The van der Waals surface area contributed by atoms with Crippen LogP contribution in [0, 0.1) is 0 Å². The van der Waals surface area contributed by atoms with Crippen LogP contribution in [0.15, 0.2) is 48.5 Å². The fourth-order valence-corrected chi connectivity index (χ4v) is 1.32. The third-order valence-corrected chi connectivity index (χ3v) is 2.22. The van der Waals surface area contributed by atoms with Crippen LogP contribution in [0.5, 0.6) is 11.5 Å². The molecule has 0 unspecified atom stereocenters. The summed E-state index contributed by atoms with van der Waals surface area (Å²) in [6.07, 6.45) is 0. The highest BCUT2D eigenvalue weighted by molar-refractivity contribution is 5.41. The monoisotopic (exact) mass is 245 g/mol. The minimum atomic E-state index is 0.260. The summed E-state index contributed by atoms with van der Waals surface area (Å²) in [6, 6.07) is 14.2. The van der Waals surface area contributed by atoms with Gasteiger partial charge in [0.2, 0.25) is 0 Å². The minimum absolute atomic E-state index is 0.260. The van der Waals surface area contributed by atoms with Crippen molar-refractivity contribution in [1.82, 2.24) is 0 Å². The molecule has 0 bridgehead atoms. The Hall–Kier alpha value is -2.16. The van der Waals surface area contributed by atoms with E-state index >= 15 is 0 Å². The van der Waals surface area contributed by atoms with Crippen LogP contribution in [0.2, 0.25) is 0 Å². The van der Waals surface area contributed by atoms with Crippen LogP contribution in [0.25, 0.3) is 0 Å². The van der Waals surface area contributed by atoms with Crippen molar-refractivity contribution in [2.75, 3.05) is 5.73 Å². The van der Waals surface area contributed by atoms with E-state index in [4.69, 9.17) is 15.6 Å². The Kier molecular flexibility index (Phi) is 5.58. The van der Waals surface area contributed by atoms with Gasteiger partial charge in [0.15, 0.2) is 0 Å². The largest absolute Gasteiger partial charge is 0.508 e. The smallest absolute Gasteiger partial charge is 0.119 e. The number of rotatable bonds is 3. The summed E-state index contributed by atoms with van der Waals surface area (Å²) in [5, 5.41) is 9.12. The number of hydrogen-bond donors (Lipinski definition) is 2. The molecule has 0 radical (unpaired) electrons. The van der Waals surface area contributed by atoms with Crippen LogP contribution in [0.1, 0.15) is 19.4 Å². The molecule has 2 aromatic rings. The number of nitrogens with two attached hydrogens (primary N) is 1. The fourth-order valence-electron chi connectivity index (χ4n) is 1.32. The number of phenols is 1. The SMILES string of the molecule is CC.Nc1ccc(OCc2ccc(O)cc2)cc1. The lowest BCUT2D eigenvalue weighted by molar-refractivity contribution is 0.306. The minimum Gasteiger partial charge on any atom is -0.508 e. The van der Waals surface area contributed by atoms with E-state index in [0.29, 0.717) is 6.61 Å². The molecule has 0 aliphatic heterocycles. The summed E-state index contributed by atoms with van der Waals surface area (Å²) in [5.74, 6) is 1.04. The van der Waals surface area contributed by atoms with Gasteiger partial charge in [0.25, 0.3) is 0 Å². The summed E-state index contributed by atoms with van der Waals surface area (Å²) in [5.41, 5.74) is 7.30. The van der Waals surface area contributed by atoms with Gasteiger partial charge in [-0.15, -0.1) is 0 Å². The van der Waals surface area contributed by atoms with E-state index in [9.17, 15) is 0 Å². The number of ether oxygens (including phenoxy) is 1. The zero-order valence-electron chi connectivity index (χ0n) is 10.8. The van der Waals surface area contributed by atoms with Gasteiger partial charge in [0.1, 0.15) is 18.1 Å². The maximum atomic E-state index is 9.12. The van der Waals surface area contributed by atoms with Gasteiger partial charge in [-0.1, -0.05) is 26.0 Å². The van der Waals surface area contributed by atoms with Crippen molar-refractivity contribution in [2.45, 2.75) is 20.5 Å². The fraction of sp³-hybridized carbons (Fsp3) is 0.200. The normalized spacial score (nSPS) is 9.22. The Morgan fingerprint density at radius 1 is 0.944 bits per heavy atom. The molecule has 3 nitrogen and oxygen atoms in total. The van der Waals surface area contributed by atoms with Gasteiger partial charge in [-0.3, -0.25) is 0 Å². The molecule has 96 valence electrons. The highest BCUT2D eigenvalue weighted by atomic mass is 16.5. The summed E-state index contributed by atoms with van der Waals surface area (Å²) in [4.78, 5) is 0. The van der Waals surface area contributed by atoms with Crippen LogP contribution in [0.4, 0.5) is 5.69 Å². The molecule has 0 atom stereocenters. The van der Waals surface area contributed by atoms with Crippen molar-refractivity contribution in [3.8, 4) is 11.5 Å². The van der Waals surface area contributed by atoms with Crippen molar-refractivity contribution in [2.24, 2.45) is 0 Å². The molecule has 18 heavy (non-hydrogen) atoms. The molecule has 2 aromatic carbocycles. The average molecular weight is 245 g/mol. The predicted molar refractivity (Wildman–Crippen MR) is 74.6 cm³/mol. The zero-order valence-corrected chi connectivity index (χ0v) is 10.8. The quantitative estimate of drug-likeness (QED) is 0.813. The molecule has 3 heteroatoms. The first kappa shape index (κ1) is 13.9. The van der Waals surface area contributed by atoms with Crippen LogP contribution in [0.3, 0.4) is 0 Å². The van der Waals surface area contributed by atoms with E-state index in [1.54, 1.807) is 24.3 Å². The molecule has 0 aliphatic rings. The molecule has 0 aromatic heterocycles. The molecular weight excluding hydrogens is 226 g/mol. The second-order valence-electron chi connectivity index (χ2n) is 3.52. The molecule has 2 rings (SSSR count). The van der Waals surface area contributed by atoms with Gasteiger partial charge in [0, 0.05) is 5.69 Å². The van der Waals surface area contributed by atoms with Gasteiger partial charge in [-0.25, -0.2) is 0 Å². The van der Waals surface area contributed by atoms with Crippen molar-refractivity contribution < 1.29 is 9.84 Å². The standard InChI is InChI=1S/C13H13NO2.C2H6/c14-11-3-7-13(8-4-11)16-9-10-1-5-12(15)6-2-10;1-2/h1-8,15H,9,14H2;1-2H3. The summed E-state index contributed by atoms with van der Waals surface area (Å²) in [7, 11) is 0. The van der Waals surface area contributed by atoms with E-state index in [1.807, 2.05) is 38.1 Å². The van der Waals surface area contributed by atoms with Crippen LogP contribution < -0.4 is 10.5 Å². The van der Waals surface area contributed by atoms with E-state index in [0.717, 1.165) is 17.0 Å². The molecule has 0 spiro atoms. The van der Waals surface area contributed by atoms with Gasteiger partial charge >= 0.3 is 0 Å². The summed E-state index contributed by atoms with van der Waals surface area (Å²) < 4.78 is 5.55. The van der Waals surface area contributed by atoms with Crippen molar-refractivity contribution in [3.05, 3.63) is 54.1 Å². The average Bonchev–Trinajstić information content (AvgIpc) is 2.42. The Labute approximate surface area is 108 Å². The number of phenolic OH excluding ortho intramolecular Hbond substituents is 1. The first-order valence-electron chi connectivity index (χ1n) is 6.00. The highest BCUT2D eigenvalue weighted by Crippen LogP contribution is 2.16. The maximum absolute atomic E-state index is 9.12. The Balaban J connectivity index is 0.000000771. The molecule has 0 saturated heterocycles. The number of hydrogen-bond acceptors (Lipinski definition) is 3. The third-order valence-electron chi connectivity index (χ3n) is 2.22. The van der Waals surface area contributed by atoms with Gasteiger partial charge < -0.3 is 15.6 Å². The van der Waals surface area contributed by atoms with Crippen LogP contribution in [-0.2, 0) is 6.61 Å². The van der Waals surface area contributed by atoms with E-state index in [2.05, 4.69) is 0 Å². The molecular formula is C15H19NO2. The molecule has 0 saturated carbocycles. The Morgan fingerprint density at radius 3 is 2.06 bits per heavy atom. The second-order valence-corrected chi connectivity index (χ2v) is 3.52. The number of benzene rings is 2. The van der Waals surface area contributed by atoms with E-state index in [1.165, 1.54) is 0 Å². The lowest BCUT2D eigenvalue weighted by atomic mass is 10.2. The summed E-state index contributed by atoms with van der Waals surface area (Å²) >= 11 is 0. The first-order valence-corrected chi connectivity index (χ1v) is 6.00. The molecule has 3 N–H and O–H groups in total. The Bertz CT molecular complexity index is 403. The topological polar surface area (TPSA) is 55.5 Å². The first-order chi connectivity index (χ1) is 8.74. The summed E-state index contributed by atoms with van der Waals surface area (Å²) in [6.45, 7) is 4.48. The van der Waals surface area contributed by atoms with Gasteiger partial charge in [0.05, 0.1) is 0 Å². The van der Waals surface area contributed by atoms with Crippen molar-refractivity contribution >= 4 is 5.69 Å². The number of anilines is 1. The van der Waals surface area contributed by atoms with Gasteiger partial charge in [-0.2, -0.15) is 0 Å². The molecule has 0 amide bonds. The van der Waals surface area contributed by atoms with Crippen molar-refractivity contribution in [3.63, 3.8) is 0 Å². The van der Waals surface area contributed by atoms with Crippen LogP contribution >= 0.6 is 0 Å². The van der Waals surface area contributed by atoms with Crippen molar-refractivity contribution in [1.29, 1.82) is 0 Å². The number of nitrogen functional groups attached to an aromatic ring is 1. The lowest BCUT2D eigenvalue weighted by Gasteiger charge is -2.06. The maximum Gasteiger partial charge on any atom is 0.119 e. The third kappa shape index (κ3) is 4.37. The lowest BCUT2D eigenvalue weighted by Crippen LogP contribution is -1.95. The Morgan fingerprint density at radius 2 is 1.50 bits per heavy atom.